The highest BCUT2D eigenvalue weighted by molar-refractivity contribution is 9.08. The molecule has 0 saturated carbocycles. The first-order valence-electron chi connectivity index (χ1n) is 3.99. The van der Waals surface area contributed by atoms with Gasteiger partial charge in [-0.05, 0) is 0 Å². The van der Waals surface area contributed by atoms with Gasteiger partial charge in [0.05, 0.1) is 30.1 Å². The minimum atomic E-state index is -0.350. The van der Waals surface area contributed by atoms with Gasteiger partial charge in [-0.15, -0.1) is 0 Å². The molecule has 14 heavy (non-hydrogen) atoms. The monoisotopic (exact) mass is 255 g/mol. The second kappa shape index (κ2) is 3.88. The zero-order valence-electron chi connectivity index (χ0n) is 7.19. The lowest BCUT2D eigenvalue weighted by molar-refractivity contribution is 0.620. The van der Waals surface area contributed by atoms with E-state index in [0.717, 1.165) is 5.69 Å². The number of pyridine rings is 1. The van der Waals surface area contributed by atoms with Crippen LogP contribution in [0.15, 0.2) is 31.0 Å². The molecule has 0 radical (unpaired) electrons. The molecule has 0 aliphatic carbocycles. The average Bonchev–Trinajstić information content (AvgIpc) is 2.66. The summed E-state index contributed by atoms with van der Waals surface area (Å²) in [4.78, 5) is 7.87. The maximum atomic E-state index is 12.8. The van der Waals surface area contributed by atoms with Crippen molar-refractivity contribution in [1.82, 2.24) is 14.5 Å². The molecular formula is C9H7BrFN3. The lowest BCUT2D eigenvalue weighted by Gasteiger charge is -1.99. The Balaban J connectivity index is 2.39. The summed E-state index contributed by atoms with van der Waals surface area (Å²) in [6.45, 7) is 0. The molecule has 0 unspecified atom stereocenters. The third-order valence-corrected chi connectivity index (χ3v) is 2.34. The summed E-state index contributed by atoms with van der Waals surface area (Å²) in [5, 5.41) is 0.683. The molecule has 0 aliphatic rings. The predicted octanol–water partition coefficient (Wildman–Crippen LogP) is 2.30. The number of rotatable bonds is 2. The van der Waals surface area contributed by atoms with Crippen LogP contribution in [-0.2, 0) is 5.33 Å². The fourth-order valence-electron chi connectivity index (χ4n) is 1.12. The topological polar surface area (TPSA) is 30.7 Å². The third kappa shape index (κ3) is 1.82. The Kier molecular flexibility index (Phi) is 2.58. The van der Waals surface area contributed by atoms with E-state index in [4.69, 9.17) is 0 Å². The van der Waals surface area contributed by atoms with Crippen molar-refractivity contribution in [2.75, 3.05) is 0 Å². The van der Waals surface area contributed by atoms with Crippen LogP contribution in [0.5, 0.6) is 0 Å². The van der Waals surface area contributed by atoms with E-state index in [-0.39, 0.29) is 5.82 Å². The van der Waals surface area contributed by atoms with E-state index in [2.05, 4.69) is 25.9 Å². The summed E-state index contributed by atoms with van der Waals surface area (Å²) in [5.74, 6) is -0.350. The SMILES string of the molecule is Fc1cncc(-n2cnc(CBr)c2)c1. The van der Waals surface area contributed by atoms with Crippen molar-refractivity contribution in [2.45, 2.75) is 5.33 Å². The largest absolute Gasteiger partial charge is 0.304 e. The smallest absolute Gasteiger partial charge is 0.143 e. The Morgan fingerprint density at radius 3 is 2.93 bits per heavy atom. The van der Waals surface area contributed by atoms with Crippen LogP contribution in [0.2, 0.25) is 0 Å². The van der Waals surface area contributed by atoms with Gasteiger partial charge in [0.25, 0.3) is 0 Å². The van der Waals surface area contributed by atoms with E-state index in [1.165, 1.54) is 12.3 Å². The van der Waals surface area contributed by atoms with Gasteiger partial charge < -0.3 is 4.57 Å². The normalized spacial score (nSPS) is 10.4. The van der Waals surface area contributed by atoms with E-state index in [1.54, 1.807) is 17.1 Å². The first-order valence-corrected chi connectivity index (χ1v) is 5.11. The number of hydrogen-bond donors (Lipinski definition) is 0. The minimum absolute atomic E-state index is 0.350. The highest BCUT2D eigenvalue weighted by Crippen LogP contribution is 2.10. The van der Waals surface area contributed by atoms with Gasteiger partial charge in [-0.3, -0.25) is 4.98 Å². The average molecular weight is 256 g/mol. The molecule has 5 heteroatoms. The molecule has 2 rings (SSSR count). The fraction of sp³-hybridized carbons (Fsp3) is 0.111. The van der Waals surface area contributed by atoms with Crippen molar-refractivity contribution >= 4 is 15.9 Å². The van der Waals surface area contributed by atoms with Crippen molar-refractivity contribution in [3.8, 4) is 5.69 Å². The highest BCUT2D eigenvalue weighted by Gasteiger charge is 2.00. The fourth-order valence-corrected chi connectivity index (χ4v) is 1.41. The van der Waals surface area contributed by atoms with Crippen molar-refractivity contribution in [1.29, 1.82) is 0 Å². The molecular weight excluding hydrogens is 249 g/mol. The third-order valence-electron chi connectivity index (χ3n) is 1.76. The lowest BCUT2D eigenvalue weighted by atomic mass is 10.4. The summed E-state index contributed by atoms with van der Waals surface area (Å²) >= 11 is 3.29. The molecule has 0 bridgehead atoms. The molecule has 2 heterocycles. The van der Waals surface area contributed by atoms with Gasteiger partial charge in [-0.1, -0.05) is 15.9 Å². The number of alkyl halides is 1. The summed E-state index contributed by atoms with van der Waals surface area (Å²) in [6.07, 6.45) is 6.22. The van der Waals surface area contributed by atoms with Crippen molar-refractivity contribution in [3.05, 3.63) is 42.5 Å². The Hall–Kier alpha value is -1.23. The van der Waals surface area contributed by atoms with Crippen LogP contribution in [0.3, 0.4) is 0 Å². The van der Waals surface area contributed by atoms with Gasteiger partial charge in [0.1, 0.15) is 5.82 Å². The Bertz CT molecular complexity index is 441. The Labute approximate surface area is 88.7 Å². The Morgan fingerprint density at radius 1 is 1.43 bits per heavy atom. The zero-order valence-corrected chi connectivity index (χ0v) is 8.78. The highest BCUT2D eigenvalue weighted by atomic mass is 79.9. The maximum absolute atomic E-state index is 12.8. The second-order valence-electron chi connectivity index (χ2n) is 2.77. The molecule has 0 atom stereocenters. The molecule has 0 spiro atoms. The van der Waals surface area contributed by atoms with E-state index < -0.39 is 0 Å². The lowest BCUT2D eigenvalue weighted by Crippen LogP contribution is -1.92. The van der Waals surface area contributed by atoms with Crippen LogP contribution in [0, 0.1) is 5.82 Å². The van der Waals surface area contributed by atoms with Crippen molar-refractivity contribution < 1.29 is 4.39 Å². The minimum Gasteiger partial charge on any atom is -0.304 e. The van der Waals surface area contributed by atoms with Crippen molar-refractivity contribution in [2.24, 2.45) is 0 Å². The van der Waals surface area contributed by atoms with Gasteiger partial charge in [0, 0.05) is 17.6 Å². The van der Waals surface area contributed by atoms with E-state index in [9.17, 15) is 4.39 Å². The van der Waals surface area contributed by atoms with E-state index in [0.29, 0.717) is 11.0 Å². The molecule has 0 saturated heterocycles. The van der Waals surface area contributed by atoms with Gasteiger partial charge in [-0.25, -0.2) is 9.37 Å². The van der Waals surface area contributed by atoms with Crippen molar-refractivity contribution in [3.63, 3.8) is 0 Å². The van der Waals surface area contributed by atoms with Crippen LogP contribution < -0.4 is 0 Å². The van der Waals surface area contributed by atoms with Gasteiger partial charge >= 0.3 is 0 Å². The van der Waals surface area contributed by atoms with E-state index in [1.807, 2.05) is 6.20 Å². The van der Waals surface area contributed by atoms with E-state index >= 15 is 0 Å². The number of halogens is 2. The number of nitrogens with zero attached hydrogens (tertiary/aromatic N) is 3. The van der Waals surface area contributed by atoms with Crippen LogP contribution in [0.25, 0.3) is 5.69 Å². The standard InChI is InChI=1S/C9H7BrFN3/c10-2-8-5-14(6-13-8)9-1-7(11)3-12-4-9/h1,3-6H,2H2. The summed E-state index contributed by atoms with van der Waals surface area (Å²) < 4.78 is 14.6. The molecule has 3 nitrogen and oxygen atoms in total. The zero-order chi connectivity index (χ0) is 9.97. The Morgan fingerprint density at radius 2 is 2.29 bits per heavy atom. The maximum Gasteiger partial charge on any atom is 0.143 e. The van der Waals surface area contributed by atoms with Crippen LogP contribution in [-0.4, -0.2) is 14.5 Å². The molecule has 2 aromatic rings. The first kappa shape index (κ1) is 9.33. The molecule has 0 amide bonds. The molecule has 0 aliphatic heterocycles. The van der Waals surface area contributed by atoms with Gasteiger partial charge in [0.15, 0.2) is 0 Å². The first-order chi connectivity index (χ1) is 6.79. The summed E-state index contributed by atoms with van der Waals surface area (Å²) in [5.41, 5.74) is 1.57. The quantitative estimate of drug-likeness (QED) is 0.772. The second-order valence-corrected chi connectivity index (χ2v) is 3.33. The molecule has 2 aromatic heterocycles. The molecule has 0 aromatic carbocycles. The summed E-state index contributed by atoms with van der Waals surface area (Å²) in [6, 6.07) is 1.41. The van der Waals surface area contributed by atoms with Gasteiger partial charge in [0.2, 0.25) is 0 Å². The van der Waals surface area contributed by atoms with Crippen LogP contribution in [0.1, 0.15) is 5.69 Å². The summed E-state index contributed by atoms with van der Waals surface area (Å²) in [7, 11) is 0. The predicted molar refractivity (Wildman–Crippen MR) is 53.9 cm³/mol. The van der Waals surface area contributed by atoms with Gasteiger partial charge in [-0.2, -0.15) is 0 Å². The molecule has 0 fully saturated rings. The number of hydrogen-bond acceptors (Lipinski definition) is 2. The number of imidazole rings is 1. The number of aromatic nitrogens is 3. The molecule has 72 valence electrons. The van der Waals surface area contributed by atoms with Crippen LogP contribution >= 0.6 is 15.9 Å². The van der Waals surface area contributed by atoms with Crippen LogP contribution in [0.4, 0.5) is 4.39 Å². The molecule has 0 N–H and O–H groups in total.